The van der Waals surface area contributed by atoms with Crippen LogP contribution in [0.25, 0.3) is 11.0 Å². The summed E-state index contributed by atoms with van der Waals surface area (Å²) in [7, 11) is 0. The maximum absolute atomic E-state index is 12.4. The highest BCUT2D eigenvalue weighted by atomic mass is 32.1. The summed E-state index contributed by atoms with van der Waals surface area (Å²) < 4.78 is 8.48. The molecule has 0 radical (unpaired) electrons. The minimum atomic E-state index is 0.0336. The van der Waals surface area contributed by atoms with E-state index in [1.165, 1.54) is 24.6 Å². The molecule has 1 saturated heterocycles. The number of hydrogen-bond acceptors (Lipinski definition) is 5. The number of fused-ring (bicyclic) bond motifs is 1. The second-order valence-electron chi connectivity index (χ2n) is 7.52. The minimum Gasteiger partial charge on any atom is -0.323 e. The van der Waals surface area contributed by atoms with Crippen molar-refractivity contribution >= 4 is 34.4 Å². The molecule has 2 aromatic rings. The fourth-order valence-electron chi connectivity index (χ4n) is 3.32. The Bertz CT molecular complexity index is 691. The van der Waals surface area contributed by atoms with Gasteiger partial charge in [-0.1, -0.05) is 26.8 Å². The highest BCUT2D eigenvalue weighted by Crippen LogP contribution is 2.29. The lowest BCUT2D eigenvalue weighted by molar-refractivity contribution is -0.117. The van der Waals surface area contributed by atoms with Crippen molar-refractivity contribution in [3.8, 4) is 0 Å². The van der Waals surface area contributed by atoms with Gasteiger partial charge in [0.05, 0.1) is 24.0 Å². The SMILES string of the molecule is CC(C)(C)C[C@@H]1CCCN1CC(=O)Nc1cccc2nsnc12. The molecule has 1 fully saturated rings. The van der Waals surface area contributed by atoms with E-state index in [2.05, 4.69) is 39.7 Å². The Hall–Kier alpha value is -1.53. The molecule has 2 heterocycles. The van der Waals surface area contributed by atoms with Gasteiger partial charge in [0.1, 0.15) is 11.0 Å². The maximum Gasteiger partial charge on any atom is 0.238 e. The molecule has 6 heteroatoms. The lowest BCUT2D eigenvalue weighted by Crippen LogP contribution is -2.38. The van der Waals surface area contributed by atoms with E-state index < -0.39 is 0 Å². The summed E-state index contributed by atoms with van der Waals surface area (Å²) in [6.45, 7) is 8.25. The largest absolute Gasteiger partial charge is 0.323 e. The number of anilines is 1. The summed E-state index contributed by atoms with van der Waals surface area (Å²) >= 11 is 1.17. The summed E-state index contributed by atoms with van der Waals surface area (Å²) in [5, 5.41) is 3.00. The molecule has 0 saturated carbocycles. The maximum atomic E-state index is 12.4. The van der Waals surface area contributed by atoms with Gasteiger partial charge >= 0.3 is 0 Å². The average molecular weight is 332 g/mol. The van der Waals surface area contributed by atoms with E-state index in [0.717, 1.165) is 29.7 Å². The van der Waals surface area contributed by atoms with Crippen LogP contribution in [-0.4, -0.2) is 38.7 Å². The van der Waals surface area contributed by atoms with Crippen LogP contribution >= 0.6 is 11.7 Å². The van der Waals surface area contributed by atoms with Gasteiger partial charge in [-0.2, -0.15) is 8.75 Å². The Kier molecular flexibility index (Phi) is 4.64. The predicted octanol–water partition coefficient (Wildman–Crippen LogP) is 3.53. The van der Waals surface area contributed by atoms with Crippen molar-refractivity contribution in [2.75, 3.05) is 18.4 Å². The summed E-state index contributed by atoms with van der Waals surface area (Å²) in [6.07, 6.45) is 3.50. The van der Waals surface area contributed by atoms with Crippen LogP contribution in [0, 0.1) is 5.41 Å². The fourth-order valence-corrected chi connectivity index (χ4v) is 3.87. The van der Waals surface area contributed by atoms with E-state index in [-0.39, 0.29) is 5.91 Å². The van der Waals surface area contributed by atoms with Crippen molar-refractivity contribution in [1.29, 1.82) is 0 Å². The smallest absolute Gasteiger partial charge is 0.238 e. The van der Waals surface area contributed by atoms with Crippen molar-refractivity contribution in [3.63, 3.8) is 0 Å². The van der Waals surface area contributed by atoms with Gasteiger partial charge in [-0.05, 0) is 43.4 Å². The van der Waals surface area contributed by atoms with Gasteiger partial charge in [0.25, 0.3) is 0 Å². The molecule has 0 unspecified atom stereocenters. The van der Waals surface area contributed by atoms with Crippen LogP contribution in [0.1, 0.15) is 40.0 Å². The molecule has 1 aromatic carbocycles. The van der Waals surface area contributed by atoms with E-state index in [9.17, 15) is 4.79 Å². The normalized spacial score (nSPS) is 19.3. The van der Waals surface area contributed by atoms with Gasteiger partial charge in [0.2, 0.25) is 5.91 Å². The van der Waals surface area contributed by atoms with Crippen LogP contribution in [0.2, 0.25) is 0 Å². The van der Waals surface area contributed by atoms with Crippen molar-refractivity contribution in [2.24, 2.45) is 5.41 Å². The van der Waals surface area contributed by atoms with E-state index in [0.29, 0.717) is 18.0 Å². The first kappa shape index (κ1) is 16.3. The first-order valence-electron chi connectivity index (χ1n) is 8.17. The molecule has 3 rings (SSSR count). The van der Waals surface area contributed by atoms with Gasteiger partial charge in [-0.3, -0.25) is 9.69 Å². The third kappa shape index (κ3) is 4.06. The van der Waals surface area contributed by atoms with Crippen LogP contribution in [0.4, 0.5) is 5.69 Å². The van der Waals surface area contributed by atoms with Crippen molar-refractivity contribution in [3.05, 3.63) is 18.2 Å². The van der Waals surface area contributed by atoms with Crippen molar-refractivity contribution in [1.82, 2.24) is 13.6 Å². The number of carbonyl (C=O) groups is 1. The third-order valence-corrected chi connectivity index (χ3v) is 4.80. The molecule has 0 spiro atoms. The standard InChI is InChI=1S/C17H24N4OS/c1-17(2,3)10-12-6-5-9-21(12)11-15(22)18-13-7-4-8-14-16(13)20-23-19-14/h4,7-8,12H,5-6,9-11H2,1-3H3,(H,18,22)/t12-/m0/s1. The number of carbonyl (C=O) groups excluding carboxylic acids is 1. The monoisotopic (exact) mass is 332 g/mol. The van der Waals surface area contributed by atoms with E-state index in [1.54, 1.807) is 0 Å². The summed E-state index contributed by atoms with van der Waals surface area (Å²) in [6, 6.07) is 6.21. The Labute approximate surface area is 141 Å². The average Bonchev–Trinajstić information content (AvgIpc) is 3.07. The Morgan fingerprint density at radius 3 is 3.00 bits per heavy atom. The van der Waals surface area contributed by atoms with E-state index >= 15 is 0 Å². The summed E-state index contributed by atoms with van der Waals surface area (Å²) in [4.78, 5) is 14.8. The molecule has 5 nitrogen and oxygen atoms in total. The molecule has 0 aliphatic carbocycles. The quantitative estimate of drug-likeness (QED) is 0.930. The molecule has 0 bridgehead atoms. The van der Waals surface area contributed by atoms with Crippen LogP contribution in [0.15, 0.2) is 18.2 Å². The van der Waals surface area contributed by atoms with Crippen molar-refractivity contribution in [2.45, 2.75) is 46.1 Å². The Morgan fingerprint density at radius 1 is 1.39 bits per heavy atom. The molecule has 1 atom stereocenters. The predicted molar refractivity (Wildman–Crippen MR) is 94.7 cm³/mol. The first-order valence-corrected chi connectivity index (χ1v) is 8.91. The van der Waals surface area contributed by atoms with Gasteiger partial charge in [-0.25, -0.2) is 0 Å². The number of likely N-dealkylation sites (tertiary alicyclic amines) is 1. The molecule has 1 aromatic heterocycles. The van der Waals surface area contributed by atoms with Crippen LogP contribution < -0.4 is 5.32 Å². The summed E-state index contributed by atoms with van der Waals surface area (Å²) in [5.41, 5.74) is 2.66. The molecule has 124 valence electrons. The van der Waals surface area contributed by atoms with Crippen LogP contribution in [0.5, 0.6) is 0 Å². The zero-order valence-electron chi connectivity index (χ0n) is 14.0. The Morgan fingerprint density at radius 2 is 2.22 bits per heavy atom. The number of nitrogens with zero attached hydrogens (tertiary/aromatic N) is 3. The van der Waals surface area contributed by atoms with Crippen molar-refractivity contribution < 1.29 is 4.79 Å². The van der Waals surface area contributed by atoms with Crippen LogP contribution in [0.3, 0.4) is 0 Å². The van der Waals surface area contributed by atoms with Gasteiger partial charge in [0.15, 0.2) is 0 Å². The fraction of sp³-hybridized carbons (Fsp3) is 0.588. The van der Waals surface area contributed by atoms with Gasteiger partial charge < -0.3 is 5.32 Å². The molecular formula is C17H24N4OS. The minimum absolute atomic E-state index is 0.0336. The Balaban J connectivity index is 1.64. The highest BCUT2D eigenvalue weighted by Gasteiger charge is 2.29. The third-order valence-electron chi connectivity index (χ3n) is 4.25. The molecule has 1 aliphatic rings. The zero-order valence-corrected chi connectivity index (χ0v) is 14.8. The van der Waals surface area contributed by atoms with Gasteiger partial charge in [0, 0.05) is 6.04 Å². The molecule has 23 heavy (non-hydrogen) atoms. The number of nitrogens with one attached hydrogen (secondary N) is 1. The van der Waals surface area contributed by atoms with Gasteiger partial charge in [-0.15, -0.1) is 0 Å². The molecule has 1 N–H and O–H groups in total. The number of rotatable bonds is 4. The number of amides is 1. The second kappa shape index (κ2) is 6.53. The molecule has 1 aliphatic heterocycles. The number of hydrogen-bond donors (Lipinski definition) is 1. The summed E-state index contributed by atoms with van der Waals surface area (Å²) in [5.74, 6) is 0.0336. The molecule has 1 amide bonds. The van der Waals surface area contributed by atoms with E-state index in [4.69, 9.17) is 0 Å². The lowest BCUT2D eigenvalue weighted by atomic mass is 9.87. The number of benzene rings is 1. The van der Waals surface area contributed by atoms with Crippen LogP contribution in [-0.2, 0) is 4.79 Å². The number of aromatic nitrogens is 2. The zero-order chi connectivity index (χ0) is 16.4. The van der Waals surface area contributed by atoms with E-state index in [1.807, 2.05) is 18.2 Å². The topological polar surface area (TPSA) is 58.1 Å². The first-order chi connectivity index (χ1) is 10.9. The molecular weight excluding hydrogens is 308 g/mol. The highest BCUT2D eigenvalue weighted by molar-refractivity contribution is 7.00. The second-order valence-corrected chi connectivity index (χ2v) is 8.05. The lowest BCUT2D eigenvalue weighted by Gasteiger charge is -2.29.